The molecule has 13 heavy (non-hydrogen) atoms. The summed E-state index contributed by atoms with van der Waals surface area (Å²) in [6.07, 6.45) is 0.900. The van der Waals surface area contributed by atoms with Gasteiger partial charge in [0.05, 0.1) is 2.88 Å². The van der Waals surface area contributed by atoms with Gasteiger partial charge in [0, 0.05) is 21.3 Å². The second-order valence-electron chi connectivity index (χ2n) is 2.66. The maximum absolute atomic E-state index is 10.8. The van der Waals surface area contributed by atoms with Crippen molar-refractivity contribution >= 4 is 56.0 Å². The van der Waals surface area contributed by atoms with Gasteiger partial charge in [-0.25, -0.2) is 0 Å². The highest BCUT2D eigenvalue weighted by molar-refractivity contribution is 14.1. The van der Waals surface area contributed by atoms with Crippen LogP contribution in [0.4, 0.5) is 5.69 Å². The number of fused-ring (bicyclic) bond motifs is 1. The SMILES string of the molecule is Nc1ccc2c(C=O)c(I)sc2c1. The van der Waals surface area contributed by atoms with Crippen molar-refractivity contribution < 1.29 is 4.79 Å². The minimum Gasteiger partial charge on any atom is -0.399 e. The molecule has 1 aromatic heterocycles. The first kappa shape index (κ1) is 8.96. The Hall–Kier alpha value is -0.620. The second kappa shape index (κ2) is 3.26. The molecule has 0 saturated heterocycles. The maximum atomic E-state index is 10.8. The Kier molecular flexibility index (Phi) is 2.25. The van der Waals surface area contributed by atoms with Crippen molar-refractivity contribution in [2.75, 3.05) is 5.73 Å². The predicted molar refractivity (Wildman–Crippen MR) is 64.3 cm³/mol. The lowest BCUT2D eigenvalue weighted by molar-refractivity contribution is 0.112. The lowest BCUT2D eigenvalue weighted by Crippen LogP contribution is -1.83. The molecular weight excluding hydrogens is 297 g/mol. The van der Waals surface area contributed by atoms with E-state index in [-0.39, 0.29) is 0 Å². The molecule has 1 aromatic carbocycles. The summed E-state index contributed by atoms with van der Waals surface area (Å²) in [5.41, 5.74) is 7.16. The smallest absolute Gasteiger partial charge is 0.152 e. The summed E-state index contributed by atoms with van der Waals surface area (Å²) in [6.45, 7) is 0. The minimum absolute atomic E-state index is 0.739. The van der Waals surface area contributed by atoms with E-state index in [1.807, 2.05) is 18.2 Å². The summed E-state index contributed by atoms with van der Waals surface area (Å²) in [5, 5.41) is 0.999. The fourth-order valence-electron chi connectivity index (χ4n) is 1.21. The molecule has 0 aliphatic rings. The number of aldehydes is 1. The van der Waals surface area contributed by atoms with Gasteiger partial charge in [0.25, 0.3) is 0 Å². The molecule has 1 heterocycles. The molecule has 2 N–H and O–H groups in total. The van der Waals surface area contributed by atoms with Gasteiger partial charge >= 0.3 is 0 Å². The van der Waals surface area contributed by atoms with Crippen LogP contribution in [0, 0.1) is 2.88 Å². The highest BCUT2D eigenvalue weighted by atomic mass is 127. The number of thiophene rings is 1. The third-order valence-corrected chi connectivity index (χ3v) is 4.02. The van der Waals surface area contributed by atoms with Crippen LogP contribution in [0.5, 0.6) is 0 Å². The summed E-state index contributed by atoms with van der Waals surface area (Å²) >= 11 is 3.76. The van der Waals surface area contributed by atoms with Crippen molar-refractivity contribution in [1.82, 2.24) is 0 Å². The van der Waals surface area contributed by atoms with E-state index in [9.17, 15) is 4.79 Å². The standard InChI is InChI=1S/C9H6INOS/c10-9-7(4-12)6-2-1-5(11)3-8(6)13-9/h1-4H,11H2. The van der Waals surface area contributed by atoms with Gasteiger partial charge in [0.2, 0.25) is 0 Å². The number of carbonyl (C=O) groups is 1. The number of nitrogens with two attached hydrogens (primary N) is 1. The van der Waals surface area contributed by atoms with Crippen molar-refractivity contribution in [1.29, 1.82) is 0 Å². The van der Waals surface area contributed by atoms with Crippen LogP contribution in [0.15, 0.2) is 18.2 Å². The number of halogens is 1. The molecule has 0 amide bonds. The molecule has 4 heteroatoms. The molecule has 2 aromatic rings. The molecule has 2 nitrogen and oxygen atoms in total. The summed E-state index contributed by atoms with van der Waals surface area (Å²) in [6, 6.07) is 5.61. The van der Waals surface area contributed by atoms with Crippen molar-refractivity contribution in [3.05, 3.63) is 26.6 Å². The predicted octanol–water partition coefficient (Wildman–Crippen LogP) is 2.90. The Labute approximate surface area is 92.9 Å². The zero-order valence-corrected chi connectivity index (χ0v) is 9.56. The van der Waals surface area contributed by atoms with Crippen LogP contribution in [-0.2, 0) is 0 Å². The molecule has 0 aliphatic heterocycles. The average molecular weight is 303 g/mol. The fourth-order valence-corrected chi connectivity index (χ4v) is 3.29. The lowest BCUT2D eigenvalue weighted by Gasteiger charge is -1.92. The van der Waals surface area contributed by atoms with Crippen LogP contribution >= 0.6 is 33.9 Å². The van der Waals surface area contributed by atoms with Gasteiger partial charge in [-0.3, -0.25) is 4.79 Å². The maximum Gasteiger partial charge on any atom is 0.152 e. The molecule has 2 rings (SSSR count). The van der Waals surface area contributed by atoms with E-state index < -0.39 is 0 Å². The number of carbonyl (C=O) groups excluding carboxylic acids is 1. The third-order valence-electron chi connectivity index (χ3n) is 1.83. The zero-order valence-electron chi connectivity index (χ0n) is 6.58. The summed E-state index contributed by atoms with van der Waals surface area (Å²) in [5.74, 6) is 0. The van der Waals surface area contributed by atoms with Crippen molar-refractivity contribution in [2.24, 2.45) is 0 Å². The van der Waals surface area contributed by atoms with E-state index in [1.54, 1.807) is 11.3 Å². The summed E-state index contributed by atoms with van der Waals surface area (Å²) in [4.78, 5) is 10.8. The molecule has 0 fully saturated rings. The first-order chi connectivity index (χ1) is 6.22. The molecule has 0 unspecified atom stereocenters. The normalized spacial score (nSPS) is 10.5. The summed E-state index contributed by atoms with van der Waals surface area (Å²) < 4.78 is 2.10. The van der Waals surface area contributed by atoms with Crippen LogP contribution in [0.25, 0.3) is 10.1 Å². The van der Waals surface area contributed by atoms with E-state index in [1.165, 1.54) is 0 Å². The number of hydrogen-bond donors (Lipinski definition) is 1. The van der Waals surface area contributed by atoms with Crippen LogP contribution in [0.3, 0.4) is 0 Å². The summed E-state index contributed by atoms with van der Waals surface area (Å²) in [7, 11) is 0. The molecule has 0 saturated carbocycles. The quantitative estimate of drug-likeness (QED) is 0.500. The Morgan fingerprint density at radius 3 is 2.92 bits per heavy atom. The molecule has 0 atom stereocenters. The van der Waals surface area contributed by atoms with Crippen LogP contribution in [0.2, 0.25) is 0 Å². The van der Waals surface area contributed by atoms with Gasteiger partial charge in [0.1, 0.15) is 0 Å². The first-order valence-corrected chi connectivity index (χ1v) is 5.54. The van der Waals surface area contributed by atoms with E-state index >= 15 is 0 Å². The molecule has 0 spiro atoms. The monoisotopic (exact) mass is 303 g/mol. The lowest BCUT2D eigenvalue weighted by atomic mass is 10.2. The van der Waals surface area contributed by atoms with Crippen molar-refractivity contribution in [3.8, 4) is 0 Å². The Balaban J connectivity index is 2.86. The van der Waals surface area contributed by atoms with Gasteiger partial charge in [0.15, 0.2) is 6.29 Å². The largest absolute Gasteiger partial charge is 0.399 e. The average Bonchev–Trinajstić information content (AvgIpc) is 2.39. The zero-order chi connectivity index (χ0) is 9.42. The van der Waals surface area contributed by atoms with Gasteiger partial charge in [-0.15, -0.1) is 11.3 Å². The molecular formula is C9H6INOS. The molecule has 0 aliphatic carbocycles. The van der Waals surface area contributed by atoms with Gasteiger partial charge < -0.3 is 5.73 Å². The number of rotatable bonds is 1. The Morgan fingerprint density at radius 2 is 2.23 bits per heavy atom. The van der Waals surface area contributed by atoms with E-state index in [2.05, 4.69) is 22.6 Å². The van der Waals surface area contributed by atoms with Crippen LogP contribution < -0.4 is 5.73 Å². The Morgan fingerprint density at radius 1 is 1.46 bits per heavy atom. The third kappa shape index (κ3) is 1.44. The van der Waals surface area contributed by atoms with Crippen molar-refractivity contribution in [3.63, 3.8) is 0 Å². The van der Waals surface area contributed by atoms with Crippen LogP contribution in [-0.4, -0.2) is 6.29 Å². The van der Waals surface area contributed by atoms with Gasteiger partial charge in [-0.2, -0.15) is 0 Å². The number of nitrogen functional groups attached to an aromatic ring is 1. The number of benzene rings is 1. The van der Waals surface area contributed by atoms with E-state index in [4.69, 9.17) is 5.73 Å². The number of anilines is 1. The minimum atomic E-state index is 0.739. The van der Waals surface area contributed by atoms with Crippen molar-refractivity contribution in [2.45, 2.75) is 0 Å². The van der Waals surface area contributed by atoms with Gasteiger partial charge in [-0.05, 0) is 34.7 Å². The molecule has 0 bridgehead atoms. The topological polar surface area (TPSA) is 43.1 Å². The number of hydrogen-bond acceptors (Lipinski definition) is 3. The van der Waals surface area contributed by atoms with E-state index in [0.29, 0.717) is 0 Å². The fraction of sp³-hybridized carbons (Fsp3) is 0. The second-order valence-corrected chi connectivity index (χ2v) is 5.53. The molecule has 66 valence electrons. The molecule has 0 radical (unpaired) electrons. The van der Waals surface area contributed by atoms with Crippen LogP contribution in [0.1, 0.15) is 10.4 Å². The van der Waals surface area contributed by atoms with E-state index in [0.717, 1.165) is 30.5 Å². The Bertz CT molecular complexity index is 478. The highest BCUT2D eigenvalue weighted by Crippen LogP contribution is 2.32. The highest BCUT2D eigenvalue weighted by Gasteiger charge is 2.08. The first-order valence-electron chi connectivity index (χ1n) is 3.65. The van der Waals surface area contributed by atoms with Gasteiger partial charge in [-0.1, -0.05) is 6.07 Å².